The van der Waals surface area contributed by atoms with Gasteiger partial charge in [0.1, 0.15) is 12.9 Å². The van der Waals surface area contributed by atoms with Crippen molar-refractivity contribution in [2.75, 3.05) is 0 Å². The normalized spacial score (nSPS) is 10.0. The smallest absolute Gasteiger partial charge is 0.250 e. The SMILES string of the molecule is N#CCn1ncn(-c2ccc(Br)cc2)c1=O. The number of aromatic nitrogens is 3. The molecule has 1 aromatic heterocycles. The van der Waals surface area contributed by atoms with Crippen LogP contribution in [0.2, 0.25) is 0 Å². The fourth-order valence-electron chi connectivity index (χ4n) is 1.29. The van der Waals surface area contributed by atoms with Gasteiger partial charge in [-0.05, 0) is 24.3 Å². The van der Waals surface area contributed by atoms with Crippen molar-refractivity contribution in [3.8, 4) is 11.8 Å². The molecule has 0 aliphatic heterocycles. The fraction of sp³-hybridized carbons (Fsp3) is 0.100. The predicted molar refractivity (Wildman–Crippen MR) is 61.1 cm³/mol. The van der Waals surface area contributed by atoms with Gasteiger partial charge in [-0.2, -0.15) is 15.0 Å². The molecule has 0 radical (unpaired) electrons. The highest BCUT2D eigenvalue weighted by Gasteiger charge is 2.05. The summed E-state index contributed by atoms with van der Waals surface area (Å²) in [4.78, 5) is 11.7. The van der Waals surface area contributed by atoms with E-state index in [1.165, 1.54) is 10.9 Å². The molecule has 16 heavy (non-hydrogen) atoms. The summed E-state index contributed by atoms with van der Waals surface area (Å²) in [6, 6.07) is 9.14. The molecule has 6 heteroatoms. The van der Waals surface area contributed by atoms with Crippen LogP contribution >= 0.6 is 15.9 Å². The molecule has 5 nitrogen and oxygen atoms in total. The molecule has 80 valence electrons. The summed E-state index contributed by atoms with van der Waals surface area (Å²) >= 11 is 3.32. The fourth-order valence-corrected chi connectivity index (χ4v) is 1.56. The number of benzene rings is 1. The van der Waals surface area contributed by atoms with Crippen LogP contribution in [0.3, 0.4) is 0 Å². The zero-order valence-corrected chi connectivity index (χ0v) is 9.75. The van der Waals surface area contributed by atoms with Crippen molar-refractivity contribution in [3.05, 3.63) is 45.5 Å². The van der Waals surface area contributed by atoms with Crippen LogP contribution < -0.4 is 5.69 Å². The largest absolute Gasteiger partial charge is 0.351 e. The van der Waals surface area contributed by atoms with Crippen LogP contribution in [0.5, 0.6) is 0 Å². The Balaban J connectivity index is 2.46. The van der Waals surface area contributed by atoms with Crippen LogP contribution in [-0.4, -0.2) is 14.3 Å². The number of hydrogen-bond acceptors (Lipinski definition) is 3. The molecule has 0 N–H and O–H groups in total. The topological polar surface area (TPSA) is 63.6 Å². The van der Waals surface area contributed by atoms with E-state index >= 15 is 0 Å². The molecule has 0 aliphatic rings. The van der Waals surface area contributed by atoms with Crippen molar-refractivity contribution in [1.82, 2.24) is 14.3 Å². The molecule has 0 fully saturated rings. The molecule has 0 saturated carbocycles. The molecule has 0 aliphatic carbocycles. The number of nitriles is 1. The molecule has 2 aromatic rings. The van der Waals surface area contributed by atoms with Gasteiger partial charge in [0, 0.05) is 4.47 Å². The van der Waals surface area contributed by atoms with Gasteiger partial charge in [0.05, 0.1) is 11.8 Å². The lowest BCUT2D eigenvalue weighted by Crippen LogP contribution is -2.23. The van der Waals surface area contributed by atoms with Crippen molar-refractivity contribution in [3.63, 3.8) is 0 Å². The van der Waals surface area contributed by atoms with Crippen molar-refractivity contribution in [1.29, 1.82) is 5.26 Å². The maximum Gasteiger partial charge on any atom is 0.351 e. The van der Waals surface area contributed by atoms with E-state index in [4.69, 9.17) is 5.26 Å². The second kappa shape index (κ2) is 4.33. The molecule has 0 spiro atoms. The summed E-state index contributed by atoms with van der Waals surface area (Å²) in [5, 5.41) is 12.3. The Labute approximate surface area is 99.7 Å². The summed E-state index contributed by atoms with van der Waals surface area (Å²) in [6.07, 6.45) is 1.41. The minimum absolute atomic E-state index is 0.0393. The van der Waals surface area contributed by atoms with E-state index in [1.54, 1.807) is 12.1 Å². The predicted octanol–water partition coefficient (Wildman–Crippen LogP) is 1.32. The Morgan fingerprint density at radius 1 is 1.38 bits per heavy atom. The van der Waals surface area contributed by atoms with Gasteiger partial charge in [-0.15, -0.1) is 0 Å². The van der Waals surface area contributed by atoms with Crippen LogP contribution in [0.25, 0.3) is 5.69 Å². The van der Waals surface area contributed by atoms with E-state index in [0.29, 0.717) is 0 Å². The molecule has 0 amide bonds. The zero-order valence-electron chi connectivity index (χ0n) is 8.17. The molecule has 0 saturated heterocycles. The van der Waals surface area contributed by atoms with Crippen molar-refractivity contribution >= 4 is 15.9 Å². The summed E-state index contributed by atoms with van der Waals surface area (Å²) in [5.74, 6) is 0. The van der Waals surface area contributed by atoms with Gasteiger partial charge in [0.2, 0.25) is 0 Å². The van der Waals surface area contributed by atoms with Gasteiger partial charge in [-0.1, -0.05) is 15.9 Å². The van der Waals surface area contributed by atoms with Crippen molar-refractivity contribution in [2.45, 2.75) is 6.54 Å². The highest BCUT2D eigenvalue weighted by Crippen LogP contribution is 2.12. The lowest BCUT2D eigenvalue weighted by Gasteiger charge is -1.99. The van der Waals surface area contributed by atoms with Gasteiger partial charge < -0.3 is 0 Å². The lowest BCUT2D eigenvalue weighted by atomic mass is 10.3. The molecule has 1 aromatic carbocycles. The van der Waals surface area contributed by atoms with Crippen LogP contribution in [0.1, 0.15) is 0 Å². The summed E-state index contributed by atoms with van der Waals surface area (Å²) in [6.45, 7) is -0.0393. The minimum atomic E-state index is -0.316. The maximum absolute atomic E-state index is 11.7. The van der Waals surface area contributed by atoms with E-state index in [0.717, 1.165) is 14.8 Å². The van der Waals surface area contributed by atoms with Crippen LogP contribution in [0, 0.1) is 11.3 Å². The quantitative estimate of drug-likeness (QED) is 0.832. The molecular weight excluding hydrogens is 272 g/mol. The molecule has 1 heterocycles. The monoisotopic (exact) mass is 278 g/mol. The second-order valence-electron chi connectivity index (χ2n) is 3.08. The zero-order chi connectivity index (χ0) is 11.5. The van der Waals surface area contributed by atoms with Gasteiger partial charge in [-0.3, -0.25) is 0 Å². The van der Waals surface area contributed by atoms with Gasteiger partial charge >= 0.3 is 5.69 Å². The second-order valence-corrected chi connectivity index (χ2v) is 3.99. The van der Waals surface area contributed by atoms with Crippen LogP contribution in [0.4, 0.5) is 0 Å². The summed E-state index contributed by atoms with van der Waals surface area (Å²) in [7, 11) is 0. The number of nitrogens with zero attached hydrogens (tertiary/aromatic N) is 4. The molecule has 0 unspecified atom stereocenters. The average molecular weight is 279 g/mol. The lowest BCUT2D eigenvalue weighted by molar-refractivity contribution is 0.674. The third-order valence-corrected chi connectivity index (χ3v) is 2.59. The van der Waals surface area contributed by atoms with Gasteiger partial charge in [0.15, 0.2) is 0 Å². The Bertz CT molecular complexity index is 591. The number of rotatable bonds is 2. The highest BCUT2D eigenvalue weighted by atomic mass is 79.9. The summed E-state index contributed by atoms with van der Waals surface area (Å²) in [5.41, 5.74) is 0.404. The number of hydrogen-bond donors (Lipinski definition) is 0. The highest BCUT2D eigenvalue weighted by molar-refractivity contribution is 9.10. The third kappa shape index (κ3) is 1.90. The third-order valence-electron chi connectivity index (χ3n) is 2.06. The first-order chi connectivity index (χ1) is 7.72. The van der Waals surface area contributed by atoms with E-state index in [9.17, 15) is 4.79 Å². The van der Waals surface area contributed by atoms with E-state index in [1.807, 2.05) is 18.2 Å². The minimum Gasteiger partial charge on any atom is -0.250 e. The maximum atomic E-state index is 11.7. The first-order valence-corrected chi connectivity index (χ1v) is 5.29. The van der Waals surface area contributed by atoms with Gasteiger partial charge in [-0.25, -0.2) is 9.36 Å². The van der Waals surface area contributed by atoms with Crippen molar-refractivity contribution in [2.24, 2.45) is 0 Å². The van der Waals surface area contributed by atoms with E-state index in [-0.39, 0.29) is 12.2 Å². The molecule has 0 atom stereocenters. The van der Waals surface area contributed by atoms with E-state index < -0.39 is 0 Å². The standard InChI is InChI=1S/C10H7BrN4O/c11-8-1-3-9(4-2-8)14-7-13-15(6-5-12)10(14)16/h1-4,7H,6H2. The molecular formula is C10H7BrN4O. The average Bonchev–Trinajstić information content (AvgIpc) is 2.63. The first-order valence-electron chi connectivity index (χ1n) is 4.50. The molecule has 0 bridgehead atoms. The van der Waals surface area contributed by atoms with Gasteiger partial charge in [0.25, 0.3) is 0 Å². The Morgan fingerprint density at radius 3 is 2.69 bits per heavy atom. The summed E-state index contributed by atoms with van der Waals surface area (Å²) < 4.78 is 3.44. The van der Waals surface area contributed by atoms with Crippen molar-refractivity contribution < 1.29 is 0 Å². The van der Waals surface area contributed by atoms with E-state index in [2.05, 4.69) is 21.0 Å². The van der Waals surface area contributed by atoms with Crippen LogP contribution in [-0.2, 0) is 6.54 Å². The van der Waals surface area contributed by atoms with Crippen LogP contribution in [0.15, 0.2) is 39.9 Å². The Hall–Kier alpha value is -1.87. The number of halogens is 1. The Morgan fingerprint density at radius 2 is 2.06 bits per heavy atom. The first kappa shape index (κ1) is 10.6. The molecule has 2 rings (SSSR count). The Kier molecular flexibility index (Phi) is 2.88.